The van der Waals surface area contributed by atoms with Crippen molar-refractivity contribution in [3.05, 3.63) is 29.8 Å². The van der Waals surface area contributed by atoms with Crippen LogP contribution in [0.15, 0.2) is 24.3 Å². The number of urea groups is 1. The Labute approximate surface area is 95.2 Å². The molecule has 1 N–H and O–H groups in total. The van der Waals surface area contributed by atoms with Gasteiger partial charge in [-0.05, 0) is 6.07 Å². The molecular weight excluding hydrogens is 204 g/mol. The van der Waals surface area contributed by atoms with E-state index < -0.39 is 0 Å². The summed E-state index contributed by atoms with van der Waals surface area (Å²) >= 11 is 0. The number of amides is 2. The molecule has 1 aromatic carbocycles. The predicted octanol–water partition coefficient (Wildman–Crippen LogP) is 1.43. The smallest absolute Gasteiger partial charge is 0.316 e. The summed E-state index contributed by atoms with van der Waals surface area (Å²) in [6.07, 6.45) is 0. The lowest BCUT2D eigenvalue weighted by Gasteiger charge is -2.14. The Morgan fingerprint density at radius 3 is 3.00 bits per heavy atom. The Morgan fingerprint density at radius 2 is 2.25 bits per heavy atom. The second kappa shape index (κ2) is 4.43. The molecule has 0 saturated heterocycles. The molecule has 0 aliphatic carbocycles. The zero-order valence-electron chi connectivity index (χ0n) is 9.56. The van der Waals surface area contributed by atoms with Crippen LogP contribution in [-0.4, -0.2) is 38.2 Å². The Kier molecular flexibility index (Phi) is 2.99. The van der Waals surface area contributed by atoms with Gasteiger partial charge in [-0.25, -0.2) is 4.79 Å². The van der Waals surface area contributed by atoms with Crippen molar-refractivity contribution in [2.45, 2.75) is 5.92 Å². The lowest BCUT2D eigenvalue weighted by Crippen LogP contribution is -2.37. The maximum absolute atomic E-state index is 11.4. The van der Waals surface area contributed by atoms with Gasteiger partial charge in [-0.15, -0.1) is 0 Å². The summed E-state index contributed by atoms with van der Waals surface area (Å²) in [4.78, 5) is 12.9. The normalized spacial score (nSPS) is 17.5. The van der Waals surface area contributed by atoms with Crippen LogP contribution in [0.25, 0.3) is 0 Å². The molecule has 1 atom stereocenters. The molecule has 1 heterocycles. The monoisotopic (exact) mass is 220 g/mol. The van der Waals surface area contributed by atoms with Crippen LogP contribution in [0.5, 0.6) is 5.75 Å². The largest absolute Gasteiger partial charge is 0.493 e. The average molecular weight is 220 g/mol. The molecule has 0 saturated carbocycles. The summed E-state index contributed by atoms with van der Waals surface area (Å²) in [7, 11) is 3.46. The second-order valence-corrected chi connectivity index (χ2v) is 4.13. The van der Waals surface area contributed by atoms with Crippen molar-refractivity contribution in [1.82, 2.24) is 10.2 Å². The molecule has 2 amide bonds. The van der Waals surface area contributed by atoms with Gasteiger partial charge in [0.25, 0.3) is 0 Å². The third-order valence-corrected chi connectivity index (χ3v) is 2.70. The van der Waals surface area contributed by atoms with Crippen LogP contribution >= 0.6 is 0 Å². The van der Waals surface area contributed by atoms with Gasteiger partial charge in [-0.1, -0.05) is 18.2 Å². The van der Waals surface area contributed by atoms with Crippen molar-refractivity contribution in [1.29, 1.82) is 0 Å². The molecule has 1 aliphatic rings. The van der Waals surface area contributed by atoms with E-state index in [1.54, 1.807) is 14.1 Å². The first-order chi connectivity index (χ1) is 7.68. The molecule has 0 fully saturated rings. The topological polar surface area (TPSA) is 41.6 Å². The standard InChI is InChI=1S/C12H16N2O2/c1-14(2)12(15)13-7-9-8-16-11-6-4-3-5-10(9)11/h3-6,9H,7-8H2,1-2H3,(H,13,15). The van der Waals surface area contributed by atoms with E-state index in [4.69, 9.17) is 4.74 Å². The summed E-state index contributed by atoms with van der Waals surface area (Å²) in [6.45, 7) is 1.26. The lowest BCUT2D eigenvalue weighted by atomic mass is 10.0. The molecule has 16 heavy (non-hydrogen) atoms. The summed E-state index contributed by atoms with van der Waals surface area (Å²) in [6, 6.07) is 7.90. The molecule has 1 aromatic rings. The van der Waals surface area contributed by atoms with E-state index in [0.29, 0.717) is 13.2 Å². The summed E-state index contributed by atoms with van der Waals surface area (Å²) in [5, 5.41) is 2.87. The van der Waals surface area contributed by atoms with Gasteiger partial charge in [-0.3, -0.25) is 0 Å². The van der Waals surface area contributed by atoms with Gasteiger partial charge >= 0.3 is 6.03 Å². The highest BCUT2D eigenvalue weighted by molar-refractivity contribution is 5.73. The summed E-state index contributed by atoms with van der Waals surface area (Å²) in [5.74, 6) is 1.20. The molecule has 0 spiro atoms. The number of benzene rings is 1. The fourth-order valence-electron chi connectivity index (χ4n) is 1.77. The summed E-state index contributed by atoms with van der Waals surface area (Å²) in [5.41, 5.74) is 1.18. The van der Waals surface area contributed by atoms with Gasteiger partial charge < -0.3 is 15.0 Å². The van der Waals surface area contributed by atoms with Crippen molar-refractivity contribution < 1.29 is 9.53 Å². The Morgan fingerprint density at radius 1 is 1.50 bits per heavy atom. The zero-order valence-corrected chi connectivity index (χ0v) is 9.56. The van der Waals surface area contributed by atoms with Crippen LogP contribution in [0.2, 0.25) is 0 Å². The molecule has 0 bridgehead atoms. The number of hydrogen-bond acceptors (Lipinski definition) is 2. The van der Waals surface area contributed by atoms with Crippen molar-refractivity contribution in [2.75, 3.05) is 27.2 Å². The van der Waals surface area contributed by atoms with Crippen LogP contribution < -0.4 is 10.1 Å². The van der Waals surface area contributed by atoms with Crippen molar-refractivity contribution >= 4 is 6.03 Å². The minimum Gasteiger partial charge on any atom is -0.493 e. The number of ether oxygens (including phenoxy) is 1. The number of fused-ring (bicyclic) bond motifs is 1. The molecule has 4 heteroatoms. The number of rotatable bonds is 2. The first kappa shape index (κ1) is 10.8. The first-order valence-corrected chi connectivity index (χ1v) is 5.35. The number of carbonyl (C=O) groups excluding carboxylic acids is 1. The quantitative estimate of drug-likeness (QED) is 0.819. The molecule has 4 nitrogen and oxygen atoms in total. The first-order valence-electron chi connectivity index (χ1n) is 5.35. The van der Waals surface area contributed by atoms with Crippen molar-refractivity contribution in [3.8, 4) is 5.75 Å². The van der Waals surface area contributed by atoms with E-state index in [9.17, 15) is 4.79 Å². The van der Waals surface area contributed by atoms with Crippen molar-refractivity contribution in [2.24, 2.45) is 0 Å². The van der Waals surface area contributed by atoms with E-state index in [1.165, 1.54) is 10.5 Å². The van der Waals surface area contributed by atoms with Crippen LogP contribution in [0.3, 0.4) is 0 Å². The fraction of sp³-hybridized carbons (Fsp3) is 0.417. The SMILES string of the molecule is CN(C)C(=O)NCC1COc2ccccc21. The lowest BCUT2D eigenvalue weighted by molar-refractivity contribution is 0.215. The molecule has 86 valence electrons. The van der Waals surface area contributed by atoms with Gasteiger partial charge in [0, 0.05) is 32.1 Å². The summed E-state index contributed by atoms with van der Waals surface area (Å²) < 4.78 is 5.54. The number of nitrogens with one attached hydrogen (secondary N) is 1. The van der Waals surface area contributed by atoms with Crippen LogP contribution in [0.1, 0.15) is 11.5 Å². The molecule has 1 aliphatic heterocycles. The molecule has 0 aromatic heterocycles. The average Bonchev–Trinajstić information content (AvgIpc) is 2.69. The highest BCUT2D eigenvalue weighted by Crippen LogP contribution is 2.32. The van der Waals surface area contributed by atoms with Crippen molar-refractivity contribution in [3.63, 3.8) is 0 Å². The van der Waals surface area contributed by atoms with E-state index in [1.807, 2.05) is 18.2 Å². The number of hydrogen-bond donors (Lipinski definition) is 1. The minimum atomic E-state index is -0.0654. The van der Waals surface area contributed by atoms with Crippen LogP contribution in [0, 0.1) is 0 Å². The minimum absolute atomic E-state index is 0.0654. The fourth-order valence-corrected chi connectivity index (χ4v) is 1.77. The van der Waals surface area contributed by atoms with E-state index in [-0.39, 0.29) is 11.9 Å². The predicted molar refractivity (Wildman–Crippen MR) is 61.8 cm³/mol. The molecular formula is C12H16N2O2. The Bertz CT molecular complexity index is 390. The number of nitrogens with zero attached hydrogens (tertiary/aromatic N) is 1. The Hall–Kier alpha value is -1.71. The maximum Gasteiger partial charge on any atom is 0.316 e. The van der Waals surface area contributed by atoms with Gasteiger partial charge in [0.2, 0.25) is 0 Å². The molecule has 2 rings (SSSR count). The van der Waals surface area contributed by atoms with E-state index >= 15 is 0 Å². The van der Waals surface area contributed by atoms with Crippen LogP contribution in [-0.2, 0) is 0 Å². The van der Waals surface area contributed by atoms with Gasteiger partial charge in [0.1, 0.15) is 5.75 Å². The number of carbonyl (C=O) groups is 1. The van der Waals surface area contributed by atoms with Crippen LogP contribution in [0.4, 0.5) is 4.79 Å². The van der Waals surface area contributed by atoms with E-state index in [2.05, 4.69) is 11.4 Å². The third-order valence-electron chi connectivity index (χ3n) is 2.70. The number of para-hydroxylation sites is 1. The molecule has 0 radical (unpaired) electrons. The third kappa shape index (κ3) is 2.10. The second-order valence-electron chi connectivity index (χ2n) is 4.13. The zero-order chi connectivity index (χ0) is 11.5. The van der Waals surface area contributed by atoms with Gasteiger partial charge in [0.15, 0.2) is 0 Å². The molecule has 1 unspecified atom stereocenters. The van der Waals surface area contributed by atoms with Gasteiger partial charge in [0.05, 0.1) is 6.61 Å². The van der Waals surface area contributed by atoms with Gasteiger partial charge in [-0.2, -0.15) is 0 Å². The highest BCUT2D eigenvalue weighted by Gasteiger charge is 2.23. The highest BCUT2D eigenvalue weighted by atomic mass is 16.5. The Balaban J connectivity index is 1.96. The maximum atomic E-state index is 11.4. The van der Waals surface area contributed by atoms with E-state index in [0.717, 1.165) is 5.75 Å².